The molecule has 100 valence electrons. The first-order chi connectivity index (χ1) is 8.65. The van der Waals surface area contributed by atoms with Crippen molar-refractivity contribution in [1.29, 1.82) is 0 Å². The minimum absolute atomic E-state index is 0.477. The lowest BCUT2D eigenvalue weighted by atomic mass is 9.83. The summed E-state index contributed by atoms with van der Waals surface area (Å²) in [6, 6.07) is 9.38. The van der Waals surface area contributed by atoms with Crippen molar-refractivity contribution in [3.05, 3.63) is 35.4 Å². The highest BCUT2D eigenvalue weighted by molar-refractivity contribution is 5.23. The van der Waals surface area contributed by atoms with E-state index in [9.17, 15) is 0 Å². The van der Waals surface area contributed by atoms with Crippen LogP contribution < -0.4 is 5.32 Å². The Morgan fingerprint density at radius 1 is 1.11 bits per heavy atom. The number of rotatable bonds is 4. The lowest BCUT2D eigenvalue weighted by molar-refractivity contribution is 0.276. The SMILES string of the molecule is Cc1ccc([C@@H](C)NCC2CCC(C)CC2)cc1. The van der Waals surface area contributed by atoms with E-state index in [4.69, 9.17) is 0 Å². The maximum Gasteiger partial charge on any atom is 0.0291 e. The van der Waals surface area contributed by atoms with Crippen molar-refractivity contribution in [2.75, 3.05) is 6.54 Å². The van der Waals surface area contributed by atoms with Gasteiger partial charge in [0.15, 0.2) is 0 Å². The van der Waals surface area contributed by atoms with E-state index in [-0.39, 0.29) is 0 Å². The van der Waals surface area contributed by atoms with Crippen molar-refractivity contribution < 1.29 is 0 Å². The van der Waals surface area contributed by atoms with Gasteiger partial charge in [0.05, 0.1) is 0 Å². The second-order valence-electron chi connectivity index (χ2n) is 6.17. The van der Waals surface area contributed by atoms with Gasteiger partial charge in [0, 0.05) is 6.04 Å². The molecule has 2 rings (SSSR count). The lowest BCUT2D eigenvalue weighted by Gasteiger charge is -2.27. The van der Waals surface area contributed by atoms with Crippen molar-refractivity contribution >= 4 is 0 Å². The first-order valence-electron chi connectivity index (χ1n) is 7.45. The summed E-state index contributed by atoms with van der Waals surface area (Å²) in [7, 11) is 0. The van der Waals surface area contributed by atoms with E-state index in [1.54, 1.807) is 0 Å². The van der Waals surface area contributed by atoms with Crippen molar-refractivity contribution in [2.24, 2.45) is 11.8 Å². The van der Waals surface area contributed by atoms with Gasteiger partial charge in [-0.15, -0.1) is 0 Å². The average Bonchev–Trinajstić information content (AvgIpc) is 2.38. The third-order valence-electron chi connectivity index (χ3n) is 4.43. The Bertz CT molecular complexity index is 346. The number of nitrogens with one attached hydrogen (secondary N) is 1. The summed E-state index contributed by atoms with van der Waals surface area (Å²) in [6.45, 7) is 7.99. The quantitative estimate of drug-likeness (QED) is 0.825. The van der Waals surface area contributed by atoms with Gasteiger partial charge in [0.25, 0.3) is 0 Å². The van der Waals surface area contributed by atoms with Crippen molar-refractivity contribution in [1.82, 2.24) is 5.32 Å². The van der Waals surface area contributed by atoms with Gasteiger partial charge in [-0.1, -0.05) is 49.6 Å². The van der Waals surface area contributed by atoms with Gasteiger partial charge in [-0.25, -0.2) is 0 Å². The minimum atomic E-state index is 0.477. The molecule has 0 aliphatic heterocycles. The molecule has 1 atom stereocenters. The van der Waals surface area contributed by atoms with Crippen LogP contribution in [0.25, 0.3) is 0 Å². The highest BCUT2D eigenvalue weighted by atomic mass is 14.9. The van der Waals surface area contributed by atoms with E-state index in [2.05, 4.69) is 50.4 Å². The molecule has 0 unspecified atom stereocenters. The largest absolute Gasteiger partial charge is 0.310 e. The Morgan fingerprint density at radius 2 is 1.72 bits per heavy atom. The van der Waals surface area contributed by atoms with E-state index in [0.717, 1.165) is 11.8 Å². The second kappa shape index (κ2) is 6.38. The molecule has 1 aliphatic carbocycles. The Labute approximate surface area is 112 Å². The standard InChI is InChI=1S/C17H27N/c1-13-4-8-16(9-5-13)12-18-15(3)17-10-6-14(2)7-11-17/h6-7,10-11,13,15-16,18H,4-5,8-9,12H2,1-3H3/t13?,15-,16?/m1/s1. The van der Waals surface area contributed by atoms with E-state index in [1.807, 2.05) is 0 Å². The predicted molar refractivity (Wildman–Crippen MR) is 78.7 cm³/mol. The maximum absolute atomic E-state index is 3.70. The molecular weight excluding hydrogens is 218 g/mol. The fourth-order valence-electron chi connectivity index (χ4n) is 2.85. The molecule has 0 bridgehead atoms. The van der Waals surface area contributed by atoms with Gasteiger partial charge in [-0.3, -0.25) is 0 Å². The highest BCUT2D eigenvalue weighted by Gasteiger charge is 2.18. The molecule has 1 nitrogen and oxygen atoms in total. The van der Waals surface area contributed by atoms with Crippen LogP contribution in [-0.2, 0) is 0 Å². The van der Waals surface area contributed by atoms with E-state index < -0.39 is 0 Å². The second-order valence-corrected chi connectivity index (χ2v) is 6.17. The fraction of sp³-hybridized carbons (Fsp3) is 0.647. The molecule has 0 heterocycles. The zero-order valence-corrected chi connectivity index (χ0v) is 12.1. The molecule has 1 aromatic rings. The molecule has 0 saturated heterocycles. The number of aryl methyl sites for hydroxylation is 1. The van der Waals surface area contributed by atoms with Crippen LogP contribution in [0.2, 0.25) is 0 Å². The smallest absolute Gasteiger partial charge is 0.0291 e. The molecule has 1 fully saturated rings. The molecule has 1 aliphatic rings. The molecule has 1 saturated carbocycles. The topological polar surface area (TPSA) is 12.0 Å². The van der Waals surface area contributed by atoms with Gasteiger partial charge in [-0.05, 0) is 50.6 Å². The van der Waals surface area contributed by atoms with Gasteiger partial charge in [0.2, 0.25) is 0 Å². The monoisotopic (exact) mass is 245 g/mol. The van der Waals surface area contributed by atoms with Crippen molar-refractivity contribution in [3.8, 4) is 0 Å². The van der Waals surface area contributed by atoms with Crippen molar-refractivity contribution in [3.63, 3.8) is 0 Å². The zero-order valence-electron chi connectivity index (χ0n) is 12.1. The molecule has 0 radical (unpaired) electrons. The molecule has 0 spiro atoms. The normalized spacial score (nSPS) is 25.9. The Kier molecular flexibility index (Phi) is 4.82. The van der Waals surface area contributed by atoms with E-state index >= 15 is 0 Å². The number of hydrogen-bond donors (Lipinski definition) is 1. The van der Waals surface area contributed by atoms with Crippen LogP contribution in [0, 0.1) is 18.8 Å². The van der Waals surface area contributed by atoms with Crippen LogP contribution in [0.1, 0.15) is 56.7 Å². The molecular formula is C17H27N. The molecule has 1 N–H and O–H groups in total. The summed E-state index contributed by atoms with van der Waals surface area (Å²) >= 11 is 0. The molecule has 18 heavy (non-hydrogen) atoms. The van der Waals surface area contributed by atoms with Gasteiger partial charge in [0.1, 0.15) is 0 Å². The van der Waals surface area contributed by atoms with Crippen molar-refractivity contribution in [2.45, 2.75) is 52.5 Å². The predicted octanol–water partition coefficient (Wildman–Crippen LogP) is 4.47. The first kappa shape index (κ1) is 13.6. The van der Waals surface area contributed by atoms with E-state index in [0.29, 0.717) is 6.04 Å². The summed E-state index contributed by atoms with van der Waals surface area (Å²) < 4.78 is 0. The summed E-state index contributed by atoms with van der Waals surface area (Å²) in [5.41, 5.74) is 2.75. The zero-order chi connectivity index (χ0) is 13.0. The molecule has 1 heteroatoms. The minimum Gasteiger partial charge on any atom is -0.310 e. The van der Waals surface area contributed by atoms with Crippen LogP contribution in [0.5, 0.6) is 0 Å². The lowest BCUT2D eigenvalue weighted by Crippen LogP contribution is -2.28. The summed E-state index contributed by atoms with van der Waals surface area (Å²) in [5.74, 6) is 1.85. The van der Waals surface area contributed by atoms with Crippen LogP contribution in [0.3, 0.4) is 0 Å². The van der Waals surface area contributed by atoms with Crippen LogP contribution in [-0.4, -0.2) is 6.54 Å². The third kappa shape index (κ3) is 3.84. The van der Waals surface area contributed by atoms with Crippen LogP contribution in [0.4, 0.5) is 0 Å². The Hall–Kier alpha value is -0.820. The Balaban J connectivity index is 1.77. The van der Waals surface area contributed by atoms with Crippen LogP contribution in [0.15, 0.2) is 24.3 Å². The number of benzene rings is 1. The third-order valence-corrected chi connectivity index (χ3v) is 4.43. The maximum atomic E-state index is 3.70. The van der Waals surface area contributed by atoms with Gasteiger partial charge < -0.3 is 5.32 Å². The highest BCUT2D eigenvalue weighted by Crippen LogP contribution is 2.28. The first-order valence-corrected chi connectivity index (χ1v) is 7.45. The summed E-state index contributed by atoms with van der Waals surface area (Å²) in [6.07, 6.45) is 5.67. The van der Waals surface area contributed by atoms with E-state index in [1.165, 1.54) is 43.4 Å². The van der Waals surface area contributed by atoms with Crippen LogP contribution >= 0.6 is 0 Å². The fourth-order valence-corrected chi connectivity index (χ4v) is 2.85. The summed E-state index contributed by atoms with van der Waals surface area (Å²) in [4.78, 5) is 0. The van der Waals surface area contributed by atoms with Gasteiger partial charge >= 0.3 is 0 Å². The Morgan fingerprint density at radius 3 is 2.33 bits per heavy atom. The molecule has 0 aromatic heterocycles. The average molecular weight is 245 g/mol. The van der Waals surface area contributed by atoms with Gasteiger partial charge in [-0.2, -0.15) is 0 Å². The summed E-state index contributed by atoms with van der Waals surface area (Å²) in [5, 5.41) is 3.70. The number of hydrogen-bond acceptors (Lipinski definition) is 1. The molecule has 1 aromatic carbocycles. The molecule has 0 amide bonds.